The molecule has 2 aliphatic rings. The molecular formula is C26H32Cl2N4O. The highest BCUT2D eigenvalue weighted by atomic mass is 35.5. The molecule has 0 bridgehead atoms. The van der Waals surface area contributed by atoms with E-state index >= 15 is 0 Å². The lowest BCUT2D eigenvalue weighted by Gasteiger charge is -2.36. The fourth-order valence-corrected chi connectivity index (χ4v) is 5.26. The Morgan fingerprint density at radius 1 is 1.03 bits per heavy atom. The second-order valence-electron chi connectivity index (χ2n) is 8.66. The van der Waals surface area contributed by atoms with Crippen LogP contribution in [0, 0.1) is 5.92 Å². The molecule has 0 radical (unpaired) electrons. The molecule has 33 heavy (non-hydrogen) atoms. The first-order valence-corrected chi connectivity index (χ1v) is 12.5. The van der Waals surface area contributed by atoms with Crippen molar-refractivity contribution < 1.29 is 4.79 Å². The van der Waals surface area contributed by atoms with Crippen molar-refractivity contribution in [1.29, 1.82) is 0 Å². The molecule has 2 atom stereocenters. The zero-order valence-electron chi connectivity index (χ0n) is 19.3. The number of nitrogens with one attached hydrogen (secondary N) is 1. The van der Waals surface area contributed by atoms with Gasteiger partial charge in [-0.2, -0.15) is 0 Å². The van der Waals surface area contributed by atoms with Gasteiger partial charge in [0.15, 0.2) is 0 Å². The van der Waals surface area contributed by atoms with Crippen molar-refractivity contribution in [3.05, 3.63) is 70.2 Å². The van der Waals surface area contributed by atoms with Crippen LogP contribution in [0.1, 0.15) is 19.4 Å². The van der Waals surface area contributed by atoms with Gasteiger partial charge in [-0.05, 0) is 37.6 Å². The van der Waals surface area contributed by atoms with Crippen LogP contribution < -0.4 is 10.2 Å². The first-order chi connectivity index (χ1) is 16.0. The number of nitrogens with zero attached hydrogens (tertiary/aromatic N) is 3. The Morgan fingerprint density at radius 2 is 1.76 bits per heavy atom. The van der Waals surface area contributed by atoms with Crippen LogP contribution in [0.2, 0.25) is 10.0 Å². The van der Waals surface area contributed by atoms with Crippen molar-refractivity contribution in [3.8, 4) is 0 Å². The molecule has 0 aromatic heterocycles. The van der Waals surface area contributed by atoms with E-state index in [4.69, 9.17) is 23.2 Å². The van der Waals surface area contributed by atoms with Crippen LogP contribution in [0.4, 0.5) is 5.69 Å². The summed E-state index contributed by atoms with van der Waals surface area (Å²) in [5.41, 5.74) is 3.31. The van der Waals surface area contributed by atoms with Crippen molar-refractivity contribution in [2.45, 2.75) is 19.9 Å². The van der Waals surface area contributed by atoms with E-state index < -0.39 is 0 Å². The first kappa shape index (κ1) is 23.9. The minimum absolute atomic E-state index is 0.108. The largest absolute Gasteiger partial charge is 0.368 e. The van der Waals surface area contributed by atoms with E-state index in [9.17, 15) is 4.79 Å². The first-order valence-electron chi connectivity index (χ1n) is 11.7. The summed E-state index contributed by atoms with van der Waals surface area (Å²) in [5.74, 6) is -0.0294. The van der Waals surface area contributed by atoms with E-state index in [1.165, 1.54) is 5.56 Å². The molecule has 7 heteroatoms. The second kappa shape index (κ2) is 10.8. The zero-order chi connectivity index (χ0) is 23.4. The summed E-state index contributed by atoms with van der Waals surface area (Å²) in [5, 5.41) is 4.38. The maximum absolute atomic E-state index is 13.0. The van der Waals surface area contributed by atoms with E-state index in [0.29, 0.717) is 16.6 Å². The number of hydrogen-bond acceptors (Lipinski definition) is 4. The van der Waals surface area contributed by atoms with Gasteiger partial charge in [0.1, 0.15) is 0 Å². The fourth-order valence-electron chi connectivity index (χ4n) is 4.85. The van der Waals surface area contributed by atoms with Crippen LogP contribution in [-0.2, 0) is 4.79 Å². The van der Waals surface area contributed by atoms with Gasteiger partial charge in [0.2, 0.25) is 5.91 Å². The summed E-state index contributed by atoms with van der Waals surface area (Å²) in [6, 6.07) is 16.2. The molecule has 4 rings (SSSR count). The summed E-state index contributed by atoms with van der Waals surface area (Å²) in [7, 11) is 0. The minimum Gasteiger partial charge on any atom is -0.368 e. The molecule has 176 valence electrons. The highest BCUT2D eigenvalue weighted by Crippen LogP contribution is 2.34. The highest BCUT2D eigenvalue weighted by Gasteiger charge is 2.35. The van der Waals surface area contributed by atoms with Crippen LogP contribution in [-0.4, -0.2) is 67.6 Å². The SMILES string of the molecule is CCN1C(c2ccccc2)=CC(C(=O)NCCN2CCN(c3cccc(Cl)c3Cl)CC2)C1C. The lowest BCUT2D eigenvalue weighted by atomic mass is 10.0. The standard InChI is InChI=1S/C26H32Cl2N4O/c1-3-32-19(2)21(18-24(32)20-8-5-4-6-9-20)26(33)29-12-13-30-14-16-31(17-15-30)23-11-7-10-22(27)25(23)28/h4-11,18-19,21H,3,12-17H2,1-2H3,(H,29,33). The minimum atomic E-state index is -0.137. The van der Waals surface area contributed by atoms with Gasteiger partial charge in [-0.1, -0.05) is 59.6 Å². The van der Waals surface area contributed by atoms with E-state index in [1.54, 1.807) is 0 Å². The number of anilines is 1. The van der Waals surface area contributed by atoms with Crippen molar-refractivity contribution in [1.82, 2.24) is 15.1 Å². The molecule has 1 saturated heterocycles. The topological polar surface area (TPSA) is 38.8 Å². The number of benzene rings is 2. The van der Waals surface area contributed by atoms with E-state index in [2.05, 4.69) is 52.1 Å². The van der Waals surface area contributed by atoms with Crippen LogP contribution in [0.3, 0.4) is 0 Å². The smallest absolute Gasteiger partial charge is 0.229 e. The zero-order valence-corrected chi connectivity index (χ0v) is 20.8. The lowest BCUT2D eigenvalue weighted by Crippen LogP contribution is -2.49. The molecule has 5 nitrogen and oxygen atoms in total. The van der Waals surface area contributed by atoms with E-state index in [0.717, 1.165) is 50.7 Å². The molecule has 1 amide bonds. The van der Waals surface area contributed by atoms with Crippen molar-refractivity contribution >= 4 is 40.5 Å². The molecule has 1 N–H and O–H groups in total. The van der Waals surface area contributed by atoms with Crippen LogP contribution in [0.25, 0.3) is 5.70 Å². The highest BCUT2D eigenvalue weighted by molar-refractivity contribution is 6.43. The number of carbonyl (C=O) groups excluding carboxylic acids is 1. The molecule has 0 spiro atoms. The van der Waals surface area contributed by atoms with Crippen LogP contribution >= 0.6 is 23.2 Å². The maximum Gasteiger partial charge on any atom is 0.229 e. The number of carbonyl (C=O) groups is 1. The van der Waals surface area contributed by atoms with Crippen LogP contribution in [0.15, 0.2) is 54.6 Å². The molecule has 0 saturated carbocycles. The average Bonchev–Trinajstić information content (AvgIpc) is 3.18. The van der Waals surface area contributed by atoms with Gasteiger partial charge >= 0.3 is 0 Å². The molecule has 0 aliphatic carbocycles. The number of rotatable bonds is 7. The Hall–Kier alpha value is -2.21. The van der Waals surface area contributed by atoms with Gasteiger partial charge in [-0.25, -0.2) is 0 Å². The lowest BCUT2D eigenvalue weighted by molar-refractivity contribution is -0.124. The number of piperazine rings is 1. The van der Waals surface area contributed by atoms with Crippen molar-refractivity contribution in [2.75, 3.05) is 50.7 Å². The Balaban J connectivity index is 1.27. The number of amides is 1. The predicted molar refractivity (Wildman–Crippen MR) is 138 cm³/mol. The Morgan fingerprint density at radius 3 is 2.45 bits per heavy atom. The number of hydrogen-bond donors (Lipinski definition) is 1. The second-order valence-corrected chi connectivity index (χ2v) is 9.45. The summed E-state index contributed by atoms with van der Waals surface area (Å²) < 4.78 is 0. The van der Waals surface area contributed by atoms with Crippen molar-refractivity contribution in [2.24, 2.45) is 5.92 Å². The van der Waals surface area contributed by atoms with Gasteiger partial charge in [0, 0.05) is 57.6 Å². The van der Waals surface area contributed by atoms with E-state index in [1.807, 2.05) is 36.4 Å². The average molecular weight is 487 g/mol. The Bertz CT molecular complexity index is 989. The third kappa shape index (κ3) is 5.32. The summed E-state index contributed by atoms with van der Waals surface area (Å²) in [6.07, 6.45) is 2.13. The van der Waals surface area contributed by atoms with Gasteiger partial charge in [0.25, 0.3) is 0 Å². The monoisotopic (exact) mass is 486 g/mol. The molecule has 2 aromatic rings. The normalized spacial score (nSPS) is 21.3. The van der Waals surface area contributed by atoms with Gasteiger partial charge in [-0.3, -0.25) is 9.69 Å². The molecule has 2 aliphatic heterocycles. The van der Waals surface area contributed by atoms with Gasteiger partial charge < -0.3 is 15.1 Å². The predicted octanol–water partition coefficient (Wildman–Crippen LogP) is 4.61. The van der Waals surface area contributed by atoms with Crippen LogP contribution in [0.5, 0.6) is 0 Å². The van der Waals surface area contributed by atoms with Gasteiger partial charge in [-0.15, -0.1) is 0 Å². The third-order valence-corrected chi connectivity index (χ3v) is 7.55. The quantitative estimate of drug-likeness (QED) is 0.619. The fraction of sp³-hybridized carbons (Fsp3) is 0.423. The van der Waals surface area contributed by atoms with Crippen molar-refractivity contribution in [3.63, 3.8) is 0 Å². The van der Waals surface area contributed by atoms with E-state index in [-0.39, 0.29) is 17.9 Å². The third-order valence-electron chi connectivity index (χ3n) is 6.74. The number of halogens is 2. The molecule has 2 heterocycles. The summed E-state index contributed by atoms with van der Waals surface area (Å²) >= 11 is 12.6. The Kier molecular flexibility index (Phi) is 7.84. The molecular weight excluding hydrogens is 455 g/mol. The summed E-state index contributed by atoms with van der Waals surface area (Å²) in [6.45, 7) is 10.3. The molecule has 2 aromatic carbocycles. The van der Waals surface area contributed by atoms with Gasteiger partial charge in [0.05, 0.1) is 21.7 Å². The maximum atomic E-state index is 13.0. The molecule has 2 unspecified atom stereocenters. The Labute approximate surface area is 206 Å². The summed E-state index contributed by atoms with van der Waals surface area (Å²) in [4.78, 5) is 20.0. The molecule has 1 fully saturated rings.